The predicted molar refractivity (Wildman–Crippen MR) is 117 cm³/mol. The Kier molecular flexibility index (Phi) is 5.04. The lowest BCUT2D eigenvalue weighted by molar-refractivity contribution is 0.102. The van der Waals surface area contributed by atoms with E-state index in [4.69, 9.17) is 4.74 Å². The van der Waals surface area contributed by atoms with Gasteiger partial charge in [0.25, 0.3) is 5.91 Å². The van der Waals surface area contributed by atoms with Crippen molar-refractivity contribution in [2.24, 2.45) is 0 Å². The number of amides is 1. The highest BCUT2D eigenvalue weighted by Gasteiger charge is 2.20. The average Bonchev–Trinajstić information content (AvgIpc) is 3.13. The molecule has 1 amide bonds. The molecule has 0 unspecified atom stereocenters. The quantitative estimate of drug-likeness (QED) is 0.699. The summed E-state index contributed by atoms with van der Waals surface area (Å²) in [6.45, 7) is 11.5. The van der Waals surface area contributed by atoms with Gasteiger partial charge in [-0.2, -0.15) is 0 Å². The molecule has 3 aromatic rings. The van der Waals surface area contributed by atoms with Crippen molar-refractivity contribution in [2.45, 2.75) is 33.1 Å². The number of carbonyl (C=O) groups is 1. The molecular formula is C23H28N4O2. The molecule has 0 bridgehead atoms. The fourth-order valence-corrected chi connectivity index (χ4v) is 3.66. The van der Waals surface area contributed by atoms with Crippen LogP contribution in [0.4, 0.5) is 11.4 Å². The summed E-state index contributed by atoms with van der Waals surface area (Å²) < 4.78 is 5.45. The molecule has 0 saturated carbocycles. The SMILES string of the molecule is Cc1c(C(=O)Nc2ccc3nc(C(C)(C)C)[nH]c3c2)cccc1N1CCOCC1. The van der Waals surface area contributed by atoms with Crippen molar-refractivity contribution in [3.63, 3.8) is 0 Å². The lowest BCUT2D eigenvalue weighted by Gasteiger charge is -2.30. The van der Waals surface area contributed by atoms with Gasteiger partial charge in [-0.25, -0.2) is 4.98 Å². The van der Waals surface area contributed by atoms with Crippen LogP contribution in [0.3, 0.4) is 0 Å². The zero-order chi connectivity index (χ0) is 20.6. The Hall–Kier alpha value is -2.86. The van der Waals surface area contributed by atoms with Crippen LogP contribution in [0.5, 0.6) is 0 Å². The molecule has 1 saturated heterocycles. The van der Waals surface area contributed by atoms with Crippen LogP contribution in [0.1, 0.15) is 42.5 Å². The third-order valence-corrected chi connectivity index (χ3v) is 5.35. The first-order valence-corrected chi connectivity index (χ1v) is 10.1. The molecule has 2 heterocycles. The van der Waals surface area contributed by atoms with E-state index in [1.54, 1.807) is 0 Å². The fourth-order valence-electron chi connectivity index (χ4n) is 3.66. The van der Waals surface area contributed by atoms with E-state index in [2.05, 4.69) is 47.0 Å². The number of aromatic amines is 1. The first-order valence-electron chi connectivity index (χ1n) is 10.1. The van der Waals surface area contributed by atoms with Crippen LogP contribution < -0.4 is 10.2 Å². The molecular weight excluding hydrogens is 364 g/mol. The highest BCUT2D eigenvalue weighted by atomic mass is 16.5. The molecule has 1 aliphatic rings. The largest absolute Gasteiger partial charge is 0.378 e. The second-order valence-electron chi connectivity index (χ2n) is 8.57. The Balaban J connectivity index is 1.57. The molecule has 0 aliphatic carbocycles. The number of carbonyl (C=O) groups excluding carboxylic acids is 1. The molecule has 6 nitrogen and oxygen atoms in total. The Bertz CT molecular complexity index is 1040. The van der Waals surface area contributed by atoms with Gasteiger partial charge in [0, 0.05) is 35.4 Å². The summed E-state index contributed by atoms with van der Waals surface area (Å²) in [5.41, 5.74) is 5.30. The van der Waals surface area contributed by atoms with Crippen molar-refractivity contribution < 1.29 is 9.53 Å². The second kappa shape index (κ2) is 7.52. The molecule has 0 atom stereocenters. The fraction of sp³-hybridized carbons (Fsp3) is 0.391. The number of nitrogens with one attached hydrogen (secondary N) is 2. The zero-order valence-electron chi connectivity index (χ0n) is 17.5. The summed E-state index contributed by atoms with van der Waals surface area (Å²) >= 11 is 0. The summed E-state index contributed by atoms with van der Waals surface area (Å²) in [7, 11) is 0. The Morgan fingerprint density at radius 2 is 1.93 bits per heavy atom. The van der Waals surface area contributed by atoms with Gasteiger partial charge in [-0.05, 0) is 42.8 Å². The minimum Gasteiger partial charge on any atom is -0.378 e. The van der Waals surface area contributed by atoms with Crippen LogP contribution in [-0.4, -0.2) is 42.2 Å². The number of H-pyrrole nitrogens is 1. The number of aromatic nitrogens is 2. The molecule has 29 heavy (non-hydrogen) atoms. The number of anilines is 2. The number of morpholine rings is 1. The van der Waals surface area contributed by atoms with Gasteiger partial charge in [-0.1, -0.05) is 26.8 Å². The van der Waals surface area contributed by atoms with Gasteiger partial charge in [0.1, 0.15) is 5.82 Å². The maximum Gasteiger partial charge on any atom is 0.256 e. The number of hydrogen-bond donors (Lipinski definition) is 2. The molecule has 0 radical (unpaired) electrons. The molecule has 2 N–H and O–H groups in total. The van der Waals surface area contributed by atoms with Gasteiger partial charge in [0.15, 0.2) is 0 Å². The van der Waals surface area contributed by atoms with Crippen molar-refractivity contribution in [2.75, 3.05) is 36.5 Å². The van der Waals surface area contributed by atoms with E-state index >= 15 is 0 Å². The van der Waals surface area contributed by atoms with Crippen molar-refractivity contribution in [1.82, 2.24) is 9.97 Å². The van der Waals surface area contributed by atoms with E-state index in [0.717, 1.165) is 60.1 Å². The zero-order valence-corrected chi connectivity index (χ0v) is 17.5. The number of fused-ring (bicyclic) bond motifs is 1. The van der Waals surface area contributed by atoms with Gasteiger partial charge >= 0.3 is 0 Å². The Morgan fingerprint density at radius 3 is 2.66 bits per heavy atom. The van der Waals surface area contributed by atoms with Gasteiger partial charge in [-0.3, -0.25) is 4.79 Å². The van der Waals surface area contributed by atoms with Crippen LogP contribution in [0.25, 0.3) is 11.0 Å². The lowest BCUT2D eigenvalue weighted by atomic mass is 9.96. The van der Waals surface area contributed by atoms with Crippen LogP contribution in [0, 0.1) is 6.92 Å². The third kappa shape index (κ3) is 3.98. The molecule has 6 heteroatoms. The van der Waals surface area contributed by atoms with Gasteiger partial charge in [0.2, 0.25) is 0 Å². The molecule has 4 rings (SSSR count). The summed E-state index contributed by atoms with van der Waals surface area (Å²) in [5.74, 6) is 0.831. The van der Waals surface area contributed by atoms with Gasteiger partial charge < -0.3 is 19.9 Å². The first kappa shape index (κ1) is 19.5. The number of benzene rings is 2. The summed E-state index contributed by atoms with van der Waals surface area (Å²) in [4.78, 5) is 23.3. The van der Waals surface area contributed by atoms with Crippen LogP contribution in [0.15, 0.2) is 36.4 Å². The van der Waals surface area contributed by atoms with Crippen molar-refractivity contribution in [3.8, 4) is 0 Å². The van der Waals surface area contributed by atoms with Gasteiger partial charge in [0.05, 0.1) is 24.2 Å². The number of ether oxygens (including phenoxy) is 1. The van der Waals surface area contributed by atoms with Crippen molar-refractivity contribution in [3.05, 3.63) is 53.3 Å². The highest BCUT2D eigenvalue weighted by Crippen LogP contribution is 2.27. The number of nitrogens with zero attached hydrogens (tertiary/aromatic N) is 2. The smallest absolute Gasteiger partial charge is 0.256 e. The topological polar surface area (TPSA) is 70.2 Å². The van der Waals surface area contributed by atoms with E-state index in [9.17, 15) is 4.79 Å². The summed E-state index contributed by atoms with van der Waals surface area (Å²) in [6.07, 6.45) is 0. The maximum atomic E-state index is 13.0. The molecule has 2 aromatic carbocycles. The molecule has 1 aromatic heterocycles. The highest BCUT2D eigenvalue weighted by molar-refractivity contribution is 6.06. The molecule has 152 valence electrons. The number of hydrogen-bond acceptors (Lipinski definition) is 4. The molecule has 0 spiro atoms. The lowest BCUT2D eigenvalue weighted by Crippen LogP contribution is -2.36. The van der Waals surface area contributed by atoms with Crippen LogP contribution in [-0.2, 0) is 10.2 Å². The average molecular weight is 393 g/mol. The molecule has 1 aliphatic heterocycles. The van der Waals surface area contributed by atoms with E-state index in [-0.39, 0.29) is 11.3 Å². The third-order valence-electron chi connectivity index (χ3n) is 5.35. The monoisotopic (exact) mass is 392 g/mol. The Labute approximate surface area is 171 Å². The summed E-state index contributed by atoms with van der Waals surface area (Å²) in [5, 5.41) is 3.04. The van der Waals surface area contributed by atoms with Crippen molar-refractivity contribution >= 4 is 28.3 Å². The first-order chi connectivity index (χ1) is 13.8. The standard InChI is InChI=1S/C23H28N4O2/c1-15-17(6-5-7-20(15)27-10-12-29-13-11-27)21(28)24-16-8-9-18-19(14-16)26-22(25-18)23(2,3)4/h5-9,14H,10-13H2,1-4H3,(H,24,28)(H,25,26). The second-order valence-corrected chi connectivity index (χ2v) is 8.57. The van der Waals surface area contributed by atoms with Crippen LogP contribution in [0.2, 0.25) is 0 Å². The maximum absolute atomic E-state index is 13.0. The number of imidazole rings is 1. The van der Waals surface area contributed by atoms with Crippen molar-refractivity contribution in [1.29, 1.82) is 0 Å². The van der Waals surface area contributed by atoms with E-state index in [1.807, 2.05) is 37.3 Å². The minimum atomic E-state index is -0.104. The molecule has 1 fully saturated rings. The Morgan fingerprint density at radius 1 is 1.17 bits per heavy atom. The van der Waals surface area contributed by atoms with Gasteiger partial charge in [-0.15, -0.1) is 0 Å². The number of rotatable bonds is 3. The summed E-state index contributed by atoms with van der Waals surface area (Å²) in [6, 6.07) is 11.7. The van der Waals surface area contributed by atoms with E-state index in [0.29, 0.717) is 5.56 Å². The predicted octanol–water partition coefficient (Wildman–Crippen LogP) is 4.26. The normalized spacial score (nSPS) is 15.0. The van der Waals surface area contributed by atoms with E-state index < -0.39 is 0 Å². The van der Waals surface area contributed by atoms with Crippen LogP contribution >= 0.6 is 0 Å². The van der Waals surface area contributed by atoms with E-state index in [1.165, 1.54) is 0 Å². The minimum absolute atomic E-state index is 0.0561.